The standard InChI is InChI=1S/C10H15BrN4O2/c11-7-8(12)13-6-14-9(7)15-10(5-16)1-3-17-4-2-10/h6,16H,1-5H2,(H3,12,13,14,15). The van der Waals surface area contributed by atoms with E-state index in [1.54, 1.807) is 0 Å². The maximum absolute atomic E-state index is 9.56. The number of nitrogens with one attached hydrogen (secondary N) is 1. The minimum absolute atomic E-state index is 0.0344. The van der Waals surface area contributed by atoms with Gasteiger partial charge in [-0.05, 0) is 28.8 Å². The Bertz CT molecular complexity index is 396. The van der Waals surface area contributed by atoms with Crippen molar-refractivity contribution in [1.82, 2.24) is 9.97 Å². The van der Waals surface area contributed by atoms with Crippen LogP contribution in [0.1, 0.15) is 12.8 Å². The molecule has 17 heavy (non-hydrogen) atoms. The van der Waals surface area contributed by atoms with Crippen LogP contribution in [0.5, 0.6) is 0 Å². The Labute approximate surface area is 108 Å². The highest BCUT2D eigenvalue weighted by molar-refractivity contribution is 9.10. The normalized spacial score (nSPS) is 18.9. The predicted molar refractivity (Wildman–Crippen MR) is 67.6 cm³/mol. The maximum Gasteiger partial charge on any atom is 0.146 e. The minimum atomic E-state index is -0.387. The second kappa shape index (κ2) is 5.16. The summed E-state index contributed by atoms with van der Waals surface area (Å²) in [6.45, 7) is 1.30. The SMILES string of the molecule is Nc1ncnc(NC2(CO)CCOCC2)c1Br. The van der Waals surface area contributed by atoms with E-state index in [-0.39, 0.29) is 12.1 Å². The minimum Gasteiger partial charge on any atom is -0.394 e. The van der Waals surface area contributed by atoms with Crippen LogP contribution in [0.25, 0.3) is 0 Å². The van der Waals surface area contributed by atoms with Crippen molar-refractivity contribution in [2.24, 2.45) is 0 Å². The molecular weight excluding hydrogens is 288 g/mol. The van der Waals surface area contributed by atoms with Crippen molar-refractivity contribution in [2.45, 2.75) is 18.4 Å². The molecule has 6 nitrogen and oxygen atoms in total. The van der Waals surface area contributed by atoms with Crippen LogP contribution < -0.4 is 11.1 Å². The number of ether oxygens (including phenoxy) is 1. The van der Waals surface area contributed by atoms with E-state index in [1.165, 1.54) is 6.33 Å². The van der Waals surface area contributed by atoms with Crippen molar-refractivity contribution < 1.29 is 9.84 Å². The van der Waals surface area contributed by atoms with Crippen LogP contribution in [0.4, 0.5) is 11.6 Å². The molecular formula is C10H15BrN4O2. The first-order chi connectivity index (χ1) is 8.17. The molecule has 1 saturated heterocycles. The van der Waals surface area contributed by atoms with E-state index in [1.807, 2.05) is 0 Å². The molecule has 0 saturated carbocycles. The first kappa shape index (κ1) is 12.5. The summed E-state index contributed by atoms with van der Waals surface area (Å²) >= 11 is 3.33. The van der Waals surface area contributed by atoms with Gasteiger partial charge < -0.3 is 20.9 Å². The second-order valence-electron chi connectivity index (χ2n) is 4.10. The number of halogens is 1. The van der Waals surface area contributed by atoms with E-state index in [9.17, 15) is 5.11 Å². The number of anilines is 2. The van der Waals surface area contributed by atoms with Gasteiger partial charge in [0.15, 0.2) is 0 Å². The van der Waals surface area contributed by atoms with Gasteiger partial charge in [0.05, 0.1) is 12.1 Å². The zero-order chi connectivity index (χ0) is 12.3. The van der Waals surface area contributed by atoms with Gasteiger partial charge in [0, 0.05) is 13.2 Å². The lowest BCUT2D eigenvalue weighted by molar-refractivity contribution is 0.0378. The maximum atomic E-state index is 9.56. The van der Waals surface area contributed by atoms with Gasteiger partial charge in [0.1, 0.15) is 22.4 Å². The third-order valence-electron chi connectivity index (χ3n) is 2.95. The number of aliphatic hydroxyl groups excluding tert-OH is 1. The van der Waals surface area contributed by atoms with Crippen molar-refractivity contribution >= 4 is 27.6 Å². The van der Waals surface area contributed by atoms with Gasteiger partial charge in [-0.1, -0.05) is 0 Å². The molecule has 0 spiro atoms. The van der Waals surface area contributed by atoms with E-state index in [0.717, 1.165) is 12.8 Å². The lowest BCUT2D eigenvalue weighted by Gasteiger charge is -2.37. The highest BCUT2D eigenvalue weighted by Gasteiger charge is 2.32. The average Bonchev–Trinajstić information content (AvgIpc) is 2.36. The molecule has 4 N–H and O–H groups in total. The van der Waals surface area contributed by atoms with Crippen LogP contribution in [0.15, 0.2) is 10.8 Å². The van der Waals surface area contributed by atoms with Crippen LogP contribution in [0.3, 0.4) is 0 Å². The van der Waals surface area contributed by atoms with Crippen molar-refractivity contribution in [1.29, 1.82) is 0 Å². The number of rotatable bonds is 3. The molecule has 0 aliphatic carbocycles. The topological polar surface area (TPSA) is 93.3 Å². The molecule has 0 aromatic carbocycles. The molecule has 1 aliphatic heterocycles. The van der Waals surface area contributed by atoms with Gasteiger partial charge in [-0.25, -0.2) is 9.97 Å². The van der Waals surface area contributed by atoms with E-state index >= 15 is 0 Å². The molecule has 0 bridgehead atoms. The number of nitrogens with two attached hydrogens (primary N) is 1. The Morgan fingerprint density at radius 2 is 2.18 bits per heavy atom. The molecule has 0 radical (unpaired) electrons. The Hall–Kier alpha value is -0.920. The van der Waals surface area contributed by atoms with Gasteiger partial charge in [0.25, 0.3) is 0 Å². The summed E-state index contributed by atoms with van der Waals surface area (Å²) in [7, 11) is 0. The molecule has 0 atom stereocenters. The number of hydrogen-bond acceptors (Lipinski definition) is 6. The lowest BCUT2D eigenvalue weighted by Crippen LogP contribution is -2.47. The third-order valence-corrected chi connectivity index (χ3v) is 3.73. The van der Waals surface area contributed by atoms with Crippen LogP contribution in [-0.4, -0.2) is 40.4 Å². The van der Waals surface area contributed by atoms with Crippen molar-refractivity contribution in [3.05, 3.63) is 10.8 Å². The largest absolute Gasteiger partial charge is 0.394 e. The van der Waals surface area contributed by atoms with Crippen molar-refractivity contribution in [3.63, 3.8) is 0 Å². The fourth-order valence-electron chi connectivity index (χ4n) is 1.81. The number of hydrogen-bond donors (Lipinski definition) is 3. The molecule has 0 unspecified atom stereocenters. The molecule has 1 fully saturated rings. The fourth-order valence-corrected chi connectivity index (χ4v) is 2.11. The summed E-state index contributed by atoms with van der Waals surface area (Å²) < 4.78 is 5.92. The van der Waals surface area contributed by atoms with Gasteiger partial charge >= 0.3 is 0 Å². The van der Waals surface area contributed by atoms with Crippen molar-refractivity contribution in [2.75, 3.05) is 30.9 Å². The van der Waals surface area contributed by atoms with E-state index < -0.39 is 0 Å². The van der Waals surface area contributed by atoms with E-state index in [4.69, 9.17) is 10.5 Å². The van der Waals surface area contributed by atoms with E-state index in [2.05, 4.69) is 31.2 Å². The Morgan fingerprint density at radius 3 is 2.82 bits per heavy atom. The number of nitrogen functional groups attached to an aromatic ring is 1. The van der Waals surface area contributed by atoms with Crippen LogP contribution in [0, 0.1) is 0 Å². The monoisotopic (exact) mass is 302 g/mol. The van der Waals surface area contributed by atoms with Gasteiger partial charge in [0.2, 0.25) is 0 Å². The van der Waals surface area contributed by atoms with Gasteiger partial charge in [-0.3, -0.25) is 0 Å². The fraction of sp³-hybridized carbons (Fsp3) is 0.600. The second-order valence-corrected chi connectivity index (χ2v) is 4.89. The molecule has 1 aromatic heterocycles. The molecule has 1 aromatic rings. The van der Waals surface area contributed by atoms with Crippen LogP contribution in [-0.2, 0) is 4.74 Å². The van der Waals surface area contributed by atoms with E-state index in [0.29, 0.717) is 29.3 Å². The molecule has 2 rings (SSSR count). The Kier molecular flexibility index (Phi) is 3.80. The zero-order valence-electron chi connectivity index (χ0n) is 9.32. The quantitative estimate of drug-likeness (QED) is 0.764. The van der Waals surface area contributed by atoms with Crippen molar-refractivity contribution in [3.8, 4) is 0 Å². The summed E-state index contributed by atoms with van der Waals surface area (Å²) in [4.78, 5) is 8.00. The van der Waals surface area contributed by atoms with Crippen LogP contribution in [0.2, 0.25) is 0 Å². The molecule has 94 valence electrons. The third kappa shape index (κ3) is 2.67. The summed E-state index contributed by atoms with van der Waals surface area (Å²) in [5.74, 6) is 0.982. The molecule has 2 heterocycles. The predicted octanol–water partition coefficient (Wildman–Crippen LogP) is 0.775. The van der Waals surface area contributed by atoms with Gasteiger partial charge in [-0.15, -0.1) is 0 Å². The number of aromatic nitrogens is 2. The number of aliphatic hydroxyl groups is 1. The summed E-state index contributed by atoms with van der Waals surface area (Å²) in [6.07, 6.45) is 2.87. The Balaban J connectivity index is 2.20. The number of nitrogens with zero attached hydrogens (tertiary/aromatic N) is 2. The summed E-state index contributed by atoms with van der Waals surface area (Å²) in [6, 6.07) is 0. The highest BCUT2D eigenvalue weighted by atomic mass is 79.9. The molecule has 0 amide bonds. The zero-order valence-corrected chi connectivity index (χ0v) is 10.9. The first-order valence-corrected chi connectivity index (χ1v) is 6.19. The van der Waals surface area contributed by atoms with Gasteiger partial charge in [-0.2, -0.15) is 0 Å². The Morgan fingerprint density at radius 1 is 1.47 bits per heavy atom. The smallest absolute Gasteiger partial charge is 0.146 e. The highest BCUT2D eigenvalue weighted by Crippen LogP contribution is 2.30. The average molecular weight is 303 g/mol. The molecule has 7 heteroatoms. The van der Waals surface area contributed by atoms with Crippen LogP contribution >= 0.6 is 15.9 Å². The lowest BCUT2D eigenvalue weighted by atomic mass is 9.91. The first-order valence-electron chi connectivity index (χ1n) is 5.40. The summed E-state index contributed by atoms with van der Waals surface area (Å²) in [5, 5.41) is 12.8. The molecule has 1 aliphatic rings. The summed E-state index contributed by atoms with van der Waals surface area (Å²) in [5.41, 5.74) is 5.30.